The topological polar surface area (TPSA) is 49.4 Å². The summed E-state index contributed by atoms with van der Waals surface area (Å²) in [4.78, 5) is 24.7. The largest absolute Gasteiger partial charge is 0.338 e. The number of nitrogens with zero attached hydrogens (tertiary/aromatic N) is 1. The Morgan fingerprint density at radius 1 is 1.59 bits per heavy atom. The Hall–Kier alpha value is -1.15. The van der Waals surface area contributed by atoms with Gasteiger partial charge in [0.25, 0.3) is 5.24 Å². The van der Waals surface area contributed by atoms with Crippen molar-refractivity contribution in [3.8, 4) is 12.3 Å². The normalized spacial score (nSPS) is 15.8. The van der Waals surface area contributed by atoms with Crippen LogP contribution in [0.2, 0.25) is 0 Å². The first-order chi connectivity index (χ1) is 8.06. The molecular weight excluding hydrogens is 236 g/mol. The van der Waals surface area contributed by atoms with Gasteiger partial charge in [0.2, 0.25) is 5.91 Å². The van der Waals surface area contributed by atoms with Crippen molar-refractivity contribution in [1.29, 1.82) is 0 Å². The van der Waals surface area contributed by atoms with Gasteiger partial charge in [0.1, 0.15) is 12.1 Å². The predicted molar refractivity (Wildman–Crippen MR) is 69.7 cm³/mol. The van der Waals surface area contributed by atoms with Gasteiger partial charge < -0.3 is 10.2 Å². The molecule has 1 rings (SSSR count). The van der Waals surface area contributed by atoms with Crippen LogP contribution in [-0.4, -0.2) is 40.4 Å². The number of carbonyl (C=O) groups is 2. The molecule has 0 aromatic rings. The SMILES string of the molecule is C#CC(CC)(CC)NC(=O)CN1CCSC1=O. The lowest BCUT2D eigenvalue weighted by Crippen LogP contribution is -2.50. The summed E-state index contributed by atoms with van der Waals surface area (Å²) in [6.45, 7) is 4.63. The molecule has 0 aromatic carbocycles. The third kappa shape index (κ3) is 3.40. The Morgan fingerprint density at radius 3 is 2.65 bits per heavy atom. The maximum absolute atomic E-state index is 11.8. The van der Waals surface area contributed by atoms with Crippen LogP contribution in [0.4, 0.5) is 4.79 Å². The van der Waals surface area contributed by atoms with E-state index in [2.05, 4.69) is 11.2 Å². The minimum Gasteiger partial charge on any atom is -0.338 e. The number of carbonyl (C=O) groups excluding carboxylic acids is 2. The van der Waals surface area contributed by atoms with E-state index in [-0.39, 0.29) is 17.7 Å². The summed E-state index contributed by atoms with van der Waals surface area (Å²) in [6.07, 6.45) is 6.84. The molecule has 0 unspecified atom stereocenters. The molecule has 0 saturated carbocycles. The molecule has 1 N–H and O–H groups in total. The summed E-state index contributed by atoms with van der Waals surface area (Å²) in [7, 11) is 0. The smallest absolute Gasteiger partial charge is 0.282 e. The van der Waals surface area contributed by atoms with E-state index in [4.69, 9.17) is 6.42 Å². The van der Waals surface area contributed by atoms with Crippen LogP contribution in [0.1, 0.15) is 26.7 Å². The van der Waals surface area contributed by atoms with Crippen LogP contribution >= 0.6 is 11.8 Å². The quantitative estimate of drug-likeness (QED) is 0.756. The van der Waals surface area contributed by atoms with E-state index >= 15 is 0 Å². The van der Waals surface area contributed by atoms with Crippen molar-refractivity contribution in [1.82, 2.24) is 10.2 Å². The summed E-state index contributed by atoms with van der Waals surface area (Å²) >= 11 is 1.25. The van der Waals surface area contributed by atoms with E-state index in [0.29, 0.717) is 19.4 Å². The second kappa shape index (κ2) is 5.97. The van der Waals surface area contributed by atoms with E-state index in [0.717, 1.165) is 5.75 Å². The number of thioether (sulfide) groups is 1. The molecule has 0 aromatic heterocycles. The summed E-state index contributed by atoms with van der Waals surface area (Å²) < 4.78 is 0. The molecule has 1 aliphatic heterocycles. The molecule has 0 bridgehead atoms. The minimum atomic E-state index is -0.576. The highest BCUT2D eigenvalue weighted by molar-refractivity contribution is 8.13. The monoisotopic (exact) mass is 254 g/mol. The standard InChI is InChI=1S/C12H18N2O2S/c1-4-12(5-2,6-3)13-10(15)9-14-7-8-17-11(14)16/h1H,5-9H2,2-3H3,(H,13,15). The highest BCUT2D eigenvalue weighted by Gasteiger charge is 2.28. The van der Waals surface area contributed by atoms with Crippen LogP contribution in [0.15, 0.2) is 0 Å². The first kappa shape index (κ1) is 13.9. The van der Waals surface area contributed by atoms with Crippen molar-refractivity contribution in [3.05, 3.63) is 0 Å². The lowest BCUT2D eigenvalue weighted by molar-refractivity contribution is -0.122. The van der Waals surface area contributed by atoms with Gasteiger partial charge in [-0.05, 0) is 12.8 Å². The molecule has 1 aliphatic rings. The average molecular weight is 254 g/mol. The number of hydrogen-bond acceptors (Lipinski definition) is 3. The molecule has 0 atom stereocenters. The van der Waals surface area contributed by atoms with Crippen molar-refractivity contribution in [2.24, 2.45) is 0 Å². The van der Waals surface area contributed by atoms with Crippen LogP contribution in [0, 0.1) is 12.3 Å². The molecule has 1 fully saturated rings. The number of hydrogen-bond donors (Lipinski definition) is 1. The minimum absolute atomic E-state index is 0.0283. The third-order valence-corrected chi connectivity index (χ3v) is 3.93. The highest BCUT2D eigenvalue weighted by atomic mass is 32.2. The molecule has 0 radical (unpaired) electrons. The predicted octanol–water partition coefficient (Wildman–Crippen LogP) is 1.46. The zero-order valence-corrected chi connectivity index (χ0v) is 11.1. The first-order valence-corrected chi connectivity index (χ1v) is 6.76. The van der Waals surface area contributed by atoms with Crippen LogP contribution in [0.25, 0.3) is 0 Å². The second-order valence-corrected chi connectivity index (χ2v) is 5.06. The number of amides is 2. The van der Waals surface area contributed by atoms with Crippen LogP contribution in [0.5, 0.6) is 0 Å². The maximum atomic E-state index is 11.8. The molecule has 2 amide bonds. The fourth-order valence-electron chi connectivity index (χ4n) is 1.72. The molecule has 0 aliphatic carbocycles. The fraction of sp³-hybridized carbons (Fsp3) is 0.667. The van der Waals surface area contributed by atoms with Gasteiger partial charge in [-0.15, -0.1) is 6.42 Å². The van der Waals surface area contributed by atoms with Crippen LogP contribution in [-0.2, 0) is 4.79 Å². The summed E-state index contributed by atoms with van der Waals surface area (Å²) in [5.41, 5.74) is -0.576. The third-order valence-electron chi connectivity index (χ3n) is 3.04. The summed E-state index contributed by atoms with van der Waals surface area (Å²) in [5, 5.41) is 2.82. The molecule has 0 spiro atoms. The van der Waals surface area contributed by atoms with Gasteiger partial charge in [-0.2, -0.15) is 0 Å². The molecule has 94 valence electrons. The van der Waals surface area contributed by atoms with E-state index in [9.17, 15) is 9.59 Å². The lowest BCUT2D eigenvalue weighted by Gasteiger charge is -2.28. The zero-order valence-electron chi connectivity index (χ0n) is 10.3. The van der Waals surface area contributed by atoms with Crippen molar-refractivity contribution in [2.45, 2.75) is 32.2 Å². The van der Waals surface area contributed by atoms with E-state index in [1.54, 1.807) is 4.90 Å². The van der Waals surface area contributed by atoms with Crippen molar-refractivity contribution in [2.75, 3.05) is 18.8 Å². The van der Waals surface area contributed by atoms with Crippen LogP contribution in [0.3, 0.4) is 0 Å². The van der Waals surface area contributed by atoms with E-state index in [1.807, 2.05) is 13.8 Å². The number of terminal acetylenes is 1. The van der Waals surface area contributed by atoms with E-state index in [1.165, 1.54) is 11.8 Å². The van der Waals surface area contributed by atoms with Gasteiger partial charge in [0.05, 0.1) is 0 Å². The van der Waals surface area contributed by atoms with Crippen molar-refractivity contribution in [3.63, 3.8) is 0 Å². The molecule has 4 nitrogen and oxygen atoms in total. The Kier molecular flexibility index (Phi) is 4.88. The molecule has 17 heavy (non-hydrogen) atoms. The molecular formula is C12H18N2O2S. The Bertz CT molecular complexity index is 345. The number of rotatable bonds is 5. The molecule has 1 heterocycles. The van der Waals surface area contributed by atoms with Crippen molar-refractivity contribution >= 4 is 22.9 Å². The van der Waals surface area contributed by atoms with Gasteiger partial charge in [0.15, 0.2) is 0 Å². The summed E-state index contributed by atoms with van der Waals surface area (Å²) in [5.74, 6) is 3.22. The number of nitrogens with one attached hydrogen (secondary N) is 1. The van der Waals surface area contributed by atoms with Gasteiger partial charge in [-0.3, -0.25) is 9.59 Å². The first-order valence-electron chi connectivity index (χ1n) is 5.77. The van der Waals surface area contributed by atoms with Gasteiger partial charge in [0, 0.05) is 12.3 Å². The Labute approximate surface area is 107 Å². The highest BCUT2D eigenvalue weighted by Crippen LogP contribution is 2.17. The lowest BCUT2D eigenvalue weighted by atomic mass is 9.94. The summed E-state index contributed by atoms with van der Waals surface area (Å²) in [6, 6.07) is 0. The average Bonchev–Trinajstić information content (AvgIpc) is 2.72. The van der Waals surface area contributed by atoms with Crippen LogP contribution < -0.4 is 5.32 Å². The maximum Gasteiger partial charge on any atom is 0.282 e. The van der Waals surface area contributed by atoms with Crippen molar-refractivity contribution < 1.29 is 9.59 Å². The van der Waals surface area contributed by atoms with Gasteiger partial charge >= 0.3 is 0 Å². The second-order valence-electron chi connectivity index (χ2n) is 4.02. The molecule has 5 heteroatoms. The van der Waals surface area contributed by atoms with Gasteiger partial charge in [-0.25, -0.2) is 0 Å². The Balaban J connectivity index is 2.54. The van der Waals surface area contributed by atoms with E-state index < -0.39 is 5.54 Å². The zero-order chi connectivity index (χ0) is 12.9. The Morgan fingerprint density at radius 2 is 2.24 bits per heavy atom. The fourth-order valence-corrected chi connectivity index (χ4v) is 2.54. The van der Waals surface area contributed by atoms with Gasteiger partial charge in [-0.1, -0.05) is 31.5 Å². The molecule has 1 saturated heterocycles.